The molecule has 0 aliphatic rings. The smallest absolute Gasteiger partial charge is 0.377 e. The number of aliphatic carboxylic acids is 2. The van der Waals surface area contributed by atoms with E-state index in [2.05, 4.69) is 0 Å². The number of carbonyl (C=O) groups excluding carboxylic acids is 2. The fourth-order valence-corrected chi connectivity index (χ4v) is 1.88. The Morgan fingerprint density at radius 3 is 1.05 bits per heavy atom. The van der Waals surface area contributed by atoms with Crippen LogP contribution in [0, 0.1) is 0 Å². The lowest BCUT2D eigenvalue weighted by molar-refractivity contribution is -0.132. The zero-order valence-corrected chi connectivity index (χ0v) is 11.1. The highest BCUT2D eigenvalue weighted by atomic mass is 16.4. The van der Waals surface area contributed by atoms with E-state index in [1.165, 1.54) is 24.3 Å². The van der Waals surface area contributed by atoms with Crippen molar-refractivity contribution in [3.63, 3.8) is 0 Å². The van der Waals surface area contributed by atoms with Crippen molar-refractivity contribution in [2.75, 3.05) is 0 Å². The first-order valence-electron chi connectivity index (χ1n) is 6.16. The van der Waals surface area contributed by atoms with E-state index < -0.39 is 23.5 Å². The van der Waals surface area contributed by atoms with E-state index >= 15 is 0 Å². The summed E-state index contributed by atoms with van der Waals surface area (Å²) < 4.78 is 0. The number of rotatable bonds is 5. The maximum atomic E-state index is 11.3. The molecule has 0 saturated carbocycles. The van der Waals surface area contributed by atoms with E-state index in [4.69, 9.17) is 10.2 Å². The lowest BCUT2D eigenvalue weighted by Crippen LogP contribution is -2.12. The van der Waals surface area contributed by atoms with Crippen LogP contribution in [0.5, 0.6) is 0 Å². The number of carboxylic acid groups (broad SMARTS) is 2. The molecule has 0 aromatic heterocycles. The Kier molecular flexibility index (Phi) is 4.13. The van der Waals surface area contributed by atoms with Gasteiger partial charge < -0.3 is 10.2 Å². The van der Waals surface area contributed by atoms with Gasteiger partial charge in [0, 0.05) is 11.1 Å². The van der Waals surface area contributed by atoms with Crippen molar-refractivity contribution >= 4 is 23.5 Å². The number of hydrogen-bond donors (Lipinski definition) is 2. The highest BCUT2D eigenvalue weighted by molar-refractivity contribution is 6.40. The summed E-state index contributed by atoms with van der Waals surface area (Å²) in [6, 6.07) is 11.9. The van der Waals surface area contributed by atoms with Gasteiger partial charge in [0.1, 0.15) is 0 Å². The van der Waals surface area contributed by atoms with Crippen LogP contribution in [-0.2, 0) is 9.59 Å². The lowest BCUT2D eigenvalue weighted by atomic mass is 10.0. The molecule has 2 N–H and O–H groups in total. The van der Waals surface area contributed by atoms with E-state index in [0.717, 1.165) is 0 Å². The van der Waals surface area contributed by atoms with E-state index in [1.54, 1.807) is 24.3 Å². The third-order valence-electron chi connectivity index (χ3n) is 3.02. The summed E-state index contributed by atoms with van der Waals surface area (Å²) in [5.41, 5.74) is 1.54. The van der Waals surface area contributed by atoms with Crippen molar-refractivity contribution < 1.29 is 29.4 Å². The molecule has 6 nitrogen and oxygen atoms in total. The van der Waals surface area contributed by atoms with Crippen molar-refractivity contribution in [2.45, 2.75) is 0 Å². The third-order valence-corrected chi connectivity index (χ3v) is 3.02. The molecular weight excluding hydrogens is 288 g/mol. The standard InChI is InChI=1S/C16H10O6/c17-13(15(19)20)11-5-1-9(2-6-11)10-3-7-12(8-4-10)14(18)16(21)22/h1-8H,(H,19,20)(H,21,22). The molecule has 0 heterocycles. The summed E-state index contributed by atoms with van der Waals surface area (Å²) in [5.74, 6) is -5.03. The first-order valence-corrected chi connectivity index (χ1v) is 6.16. The van der Waals surface area contributed by atoms with Gasteiger partial charge in [0.25, 0.3) is 11.6 Å². The number of carboxylic acids is 2. The Hall–Kier alpha value is -3.28. The number of Topliss-reactive ketones (excluding diaryl/α,β-unsaturated/α-hetero) is 2. The first kappa shape index (κ1) is 15.1. The molecule has 0 unspecified atom stereocenters. The number of carbonyl (C=O) groups is 4. The maximum absolute atomic E-state index is 11.3. The second kappa shape index (κ2) is 6.01. The van der Waals surface area contributed by atoms with Gasteiger partial charge in [0.2, 0.25) is 0 Å². The molecule has 0 radical (unpaired) electrons. The van der Waals surface area contributed by atoms with E-state index in [-0.39, 0.29) is 11.1 Å². The second-order valence-electron chi connectivity index (χ2n) is 4.42. The van der Waals surface area contributed by atoms with Crippen molar-refractivity contribution in [3.05, 3.63) is 59.7 Å². The predicted octanol–water partition coefficient (Wildman–Crippen LogP) is 1.89. The van der Waals surface area contributed by atoms with Crippen LogP contribution in [0.3, 0.4) is 0 Å². The number of benzene rings is 2. The van der Waals surface area contributed by atoms with Crippen LogP contribution in [0.15, 0.2) is 48.5 Å². The quantitative estimate of drug-likeness (QED) is 0.644. The van der Waals surface area contributed by atoms with Gasteiger partial charge >= 0.3 is 11.9 Å². The molecule has 0 aliphatic carbocycles. The highest BCUT2D eigenvalue weighted by Gasteiger charge is 2.15. The van der Waals surface area contributed by atoms with Gasteiger partial charge in [-0.05, 0) is 11.1 Å². The van der Waals surface area contributed by atoms with Gasteiger partial charge in [-0.25, -0.2) is 9.59 Å². The highest BCUT2D eigenvalue weighted by Crippen LogP contribution is 2.21. The molecule has 2 aromatic carbocycles. The van der Waals surface area contributed by atoms with Crippen LogP contribution in [0.25, 0.3) is 11.1 Å². The van der Waals surface area contributed by atoms with Gasteiger partial charge in [-0.2, -0.15) is 0 Å². The fourth-order valence-electron chi connectivity index (χ4n) is 1.88. The summed E-state index contributed by atoms with van der Waals surface area (Å²) in [7, 11) is 0. The molecule has 6 heteroatoms. The Morgan fingerprint density at radius 1 is 0.545 bits per heavy atom. The van der Waals surface area contributed by atoms with Crippen LogP contribution in [-0.4, -0.2) is 33.7 Å². The molecule has 0 amide bonds. The second-order valence-corrected chi connectivity index (χ2v) is 4.42. The average Bonchev–Trinajstić information content (AvgIpc) is 2.53. The Balaban J connectivity index is 2.26. The zero-order chi connectivity index (χ0) is 16.3. The van der Waals surface area contributed by atoms with Crippen molar-refractivity contribution in [2.24, 2.45) is 0 Å². The van der Waals surface area contributed by atoms with Crippen LogP contribution < -0.4 is 0 Å². The minimum absolute atomic E-state index is 0.0638. The summed E-state index contributed by atoms with van der Waals surface area (Å²) in [6.45, 7) is 0. The van der Waals surface area contributed by atoms with Crippen LogP contribution in [0.1, 0.15) is 20.7 Å². The van der Waals surface area contributed by atoms with Crippen LogP contribution >= 0.6 is 0 Å². The maximum Gasteiger partial charge on any atom is 0.377 e. The minimum Gasteiger partial charge on any atom is -0.475 e. The molecule has 0 fully saturated rings. The van der Waals surface area contributed by atoms with Crippen molar-refractivity contribution in [1.82, 2.24) is 0 Å². The van der Waals surface area contributed by atoms with Crippen LogP contribution in [0.2, 0.25) is 0 Å². The van der Waals surface area contributed by atoms with Gasteiger partial charge in [0.15, 0.2) is 0 Å². The molecular formula is C16H10O6. The fraction of sp³-hybridized carbons (Fsp3) is 0. The molecule has 110 valence electrons. The first-order chi connectivity index (χ1) is 10.4. The van der Waals surface area contributed by atoms with Gasteiger partial charge in [-0.3, -0.25) is 9.59 Å². The largest absolute Gasteiger partial charge is 0.475 e. The zero-order valence-electron chi connectivity index (χ0n) is 11.1. The van der Waals surface area contributed by atoms with Crippen molar-refractivity contribution in [1.29, 1.82) is 0 Å². The Bertz CT molecular complexity index is 689. The Labute approximate surface area is 124 Å². The SMILES string of the molecule is O=C(O)C(=O)c1ccc(-c2ccc(C(=O)C(=O)O)cc2)cc1. The topological polar surface area (TPSA) is 109 Å². The summed E-state index contributed by atoms with van der Waals surface area (Å²) in [6.07, 6.45) is 0. The molecule has 2 rings (SSSR count). The van der Waals surface area contributed by atoms with Gasteiger partial charge in [-0.1, -0.05) is 48.5 Å². The summed E-state index contributed by atoms with van der Waals surface area (Å²) >= 11 is 0. The van der Waals surface area contributed by atoms with E-state index in [0.29, 0.717) is 11.1 Å². The lowest BCUT2D eigenvalue weighted by Gasteiger charge is -2.04. The number of hydrogen-bond acceptors (Lipinski definition) is 4. The monoisotopic (exact) mass is 298 g/mol. The molecule has 22 heavy (non-hydrogen) atoms. The minimum atomic E-state index is -1.52. The van der Waals surface area contributed by atoms with E-state index in [1.807, 2.05) is 0 Å². The normalized spacial score (nSPS) is 10.0. The molecule has 0 bridgehead atoms. The third kappa shape index (κ3) is 3.06. The average molecular weight is 298 g/mol. The van der Waals surface area contributed by atoms with Crippen molar-refractivity contribution in [3.8, 4) is 11.1 Å². The number of ketones is 2. The molecule has 0 aliphatic heterocycles. The molecule has 0 saturated heterocycles. The van der Waals surface area contributed by atoms with Gasteiger partial charge in [0.05, 0.1) is 0 Å². The molecule has 0 spiro atoms. The Morgan fingerprint density at radius 2 is 0.818 bits per heavy atom. The summed E-state index contributed by atoms with van der Waals surface area (Å²) in [4.78, 5) is 43.7. The van der Waals surface area contributed by atoms with Gasteiger partial charge in [-0.15, -0.1) is 0 Å². The molecule has 2 aromatic rings. The van der Waals surface area contributed by atoms with Crippen LogP contribution in [0.4, 0.5) is 0 Å². The predicted molar refractivity (Wildman–Crippen MR) is 75.8 cm³/mol. The summed E-state index contributed by atoms with van der Waals surface area (Å²) in [5, 5.41) is 17.2. The van der Waals surface area contributed by atoms with E-state index in [9.17, 15) is 19.2 Å². The molecule has 0 atom stereocenters.